The molecule has 0 spiro atoms. The fraction of sp³-hybridized carbons (Fsp3) is 0.0526. The first-order valence-corrected chi connectivity index (χ1v) is 14.9. The molecule has 0 aliphatic rings. The second-order valence-corrected chi connectivity index (χ2v) is 10.2. The number of benzene rings is 4. The van der Waals surface area contributed by atoms with Crippen LogP contribution in [-0.4, -0.2) is 38.7 Å². The van der Waals surface area contributed by atoms with Gasteiger partial charge in [0.05, 0.1) is 17.7 Å². The van der Waals surface area contributed by atoms with Crippen LogP contribution in [-0.2, 0) is 0 Å². The highest BCUT2D eigenvalue weighted by atomic mass is 15.3. The molecule has 0 bridgehead atoms. The molecule has 0 N–H and O–H groups in total. The summed E-state index contributed by atoms with van der Waals surface area (Å²) in [6, 6.07) is 42.7. The average Bonchev–Trinajstić information content (AvgIpc) is 3.96. The van der Waals surface area contributed by atoms with Crippen molar-refractivity contribution in [2.75, 3.05) is 0 Å². The summed E-state index contributed by atoms with van der Waals surface area (Å²) in [6.45, 7) is 4.14. The van der Waals surface area contributed by atoms with Gasteiger partial charge in [-0.3, -0.25) is 0 Å². The summed E-state index contributed by atoms with van der Waals surface area (Å²) in [5.41, 5.74) is 7.02. The smallest absolute Gasteiger partial charge is 0.138 e. The zero-order valence-electron chi connectivity index (χ0n) is 25.9. The number of aryl methyl sites for hydroxylation is 2. The summed E-state index contributed by atoms with van der Waals surface area (Å²) in [4.78, 5) is 7.86. The van der Waals surface area contributed by atoms with Crippen LogP contribution in [0.15, 0.2) is 184 Å². The molecule has 8 nitrogen and oxygen atoms in total. The van der Waals surface area contributed by atoms with Gasteiger partial charge in [-0.1, -0.05) is 71.8 Å². The molecular weight excluding hydrogens is 568 g/mol. The second-order valence-electron chi connectivity index (χ2n) is 10.2. The Labute approximate surface area is 269 Å². The first-order valence-electron chi connectivity index (χ1n) is 14.9. The topological polar surface area (TPSA) is 71.3 Å². The van der Waals surface area contributed by atoms with E-state index in [-0.39, 0.29) is 0 Å². The first-order chi connectivity index (χ1) is 22.7. The third-order valence-electron chi connectivity index (χ3n) is 6.74. The minimum Gasteiger partial charge on any atom is -0.324 e. The molecular formula is C38H36N8. The number of hydrogen-bond donors (Lipinski definition) is 0. The predicted octanol–water partition coefficient (Wildman–Crippen LogP) is 8.11. The number of para-hydroxylation sites is 2. The minimum atomic E-state index is 1.04. The second kappa shape index (κ2) is 16.5. The molecule has 0 fully saturated rings. The van der Waals surface area contributed by atoms with Gasteiger partial charge in [-0.25, -0.2) is 19.3 Å². The molecule has 4 heterocycles. The third-order valence-corrected chi connectivity index (χ3v) is 6.74. The van der Waals surface area contributed by atoms with Crippen LogP contribution >= 0.6 is 0 Å². The number of nitrogens with zero attached hydrogens (tertiary/aromatic N) is 8. The van der Waals surface area contributed by atoms with Gasteiger partial charge in [-0.15, -0.1) is 0 Å². The molecule has 0 atom stereocenters. The Kier molecular flexibility index (Phi) is 11.2. The Morgan fingerprint density at radius 2 is 0.957 bits per heavy atom. The van der Waals surface area contributed by atoms with E-state index in [0.717, 1.165) is 17.1 Å². The maximum atomic E-state index is 4.10. The Balaban J connectivity index is 0.000000121. The minimum absolute atomic E-state index is 1.04. The van der Waals surface area contributed by atoms with Crippen LogP contribution in [0.2, 0.25) is 0 Å². The van der Waals surface area contributed by atoms with E-state index in [2.05, 4.69) is 87.1 Å². The average molecular weight is 605 g/mol. The van der Waals surface area contributed by atoms with Gasteiger partial charge in [0, 0.05) is 48.6 Å². The fourth-order valence-electron chi connectivity index (χ4n) is 4.28. The normalized spacial score (nSPS) is 9.96. The molecule has 228 valence electrons. The summed E-state index contributed by atoms with van der Waals surface area (Å²) in [7, 11) is 0. The van der Waals surface area contributed by atoms with Crippen LogP contribution in [0, 0.1) is 13.8 Å². The van der Waals surface area contributed by atoms with Gasteiger partial charge in [0.2, 0.25) is 0 Å². The van der Waals surface area contributed by atoms with Crippen LogP contribution in [0.4, 0.5) is 0 Å². The van der Waals surface area contributed by atoms with E-state index in [1.165, 1.54) is 23.1 Å². The van der Waals surface area contributed by atoms with Crippen LogP contribution in [0.3, 0.4) is 0 Å². The van der Waals surface area contributed by atoms with Crippen molar-refractivity contribution in [1.29, 1.82) is 0 Å². The molecule has 4 aromatic carbocycles. The number of hydrogen-bond acceptors (Lipinski definition) is 4. The van der Waals surface area contributed by atoms with Gasteiger partial charge in [-0.05, 0) is 80.6 Å². The molecule has 8 heteroatoms. The summed E-state index contributed by atoms with van der Waals surface area (Å²) in [5, 5.41) is 8.12. The summed E-state index contributed by atoms with van der Waals surface area (Å²) >= 11 is 0. The molecule has 8 rings (SSSR count). The molecule has 0 unspecified atom stereocenters. The number of rotatable bonds is 4. The predicted molar refractivity (Wildman–Crippen MR) is 184 cm³/mol. The van der Waals surface area contributed by atoms with Crippen molar-refractivity contribution in [3.8, 4) is 22.7 Å². The van der Waals surface area contributed by atoms with Crippen molar-refractivity contribution in [2.24, 2.45) is 0 Å². The van der Waals surface area contributed by atoms with Crippen LogP contribution in [0.25, 0.3) is 22.7 Å². The van der Waals surface area contributed by atoms with Crippen molar-refractivity contribution in [3.05, 3.63) is 195 Å². The van der Waals surface area contributed by atoms with Crippen molar-refractivity contribution < 1.29 is 0 Å². The molecule has 0 radical (unpaired) electrons. The maximum absolute atomic E-state index is 4.10. The molecule has 46 heavy (non-hydrogen) atoms. The zero-order valence-corrected chi connectivity index (χ0v) is 25.9. The van der Waals surface area contributed by atoms with Gasteiger partial charge in [0.1, 0.15) is 12.7 Å². The van der Waals surface area contributed by atoms with E-state index in [1.54, 1.807) is 29.7 Å². The lowest BCUT2D eigenvalue weighted by Gasteiger charge is -2.00. The summed E-state index contributed by atoms with van der Waals surface area (Å²) in [6.07, 6.45) is 16.5. The standard InChI is InChI=1S/C10H10N2.C10H9N.C9H9N3.C9H8N2/c1-9-2-4-10(5-3-9)12-7-6-11-8-12;1-2-6-10(7-3-1)11-8-4-5-9-11;1-8-2-4-9(5-3-8)12-7-10-6-11-12;1-2-5-9(6-3-1)11-8-4-7-10-11/h2-8H,1H3;1-9H;2-7H,1H3;1-8H. The van der Waals surface area contributed by atoms with Crippen LogP contribution in [0.1, 0.15) is 11.1 Å². The Bertz CT molecular complexity index is 1750. The van der Waals surface area contributed by atoms with Crippen LogP contribution < -0.4 is 0 Å². The SMILES string of the molecule is Cc1ccc(-n2ccnc2)cc1.Cc1ccc(-n2cncn2)cc1.c1ccc(-n2cccc2)cc1.c1ccc(-n2cccn2)cc1. The fourth-order valence-corrected chi connectivity index (χ4v) is 4.28. The van der Waals surface area contributed by atoms with Gasteiger partial charge in [0.25, 0.3) is 0 Å². The molecule has 0 saturated heterocycles. The highest BCUT2D eigenvalue weighted by Crippen LogP contribution is 2.09. The van der Waals surface area contributed by atoms with Crippen molar-refractivity contribution in [3.63, 3.8) is 0 Å². The monoisotopic (exact) mass is 604 g/mol. The van der Waals surface area contributed by atoms with Crippen molar-refractivity contribution in [2.45, 2.75) is 13.8 Å². The number of imidazole rings is 1. The molecule has 4 aromatic heterocycles. The highest BCUT2D eigenvalue weighted by Gasteiger charge is 1.95. The number of aromatic nitrogens is 8. The molecule has 8 aromatic rings. The molecule has 0 amide bonds. The quantitative estimate of drug-likeness (QED) is 0.204. The van der Waals surface area contributed by atoms with E-state index in [9.17, 15) is 0 Å². The van der Waals surface area contributed by atoms with E-state index in [4.69, 9.17) is 0 Å². The van der Waals surface area contributed by atoms with E-state index in [0.29, 0.717) is 0 Å². The van der Waals surface area contributed by atoms with E-state index >= 15 is 0 Å². The zero-order chi connectivity index (χ0) is 31.8. The largest absolute Gasteiger partial charge is 0.324 e. The molecule has 0 saturated carbocycles. The van der Waals surface area contributed by atoms with Crippen molar-refractivity contribution >= 4 is 0 Å². The first kappa shape index (κ1) is 31.2. The Hall–Kier alpha value is -6.28. The molecule has 0 aliphatic heterocycles. The van der Waals surface area contributed by atoms with Crippen LogP contribution in [0.5, 0.6) is 0 Å². The van der Waals surface area contributed by atoms with Crippen molar-refractivity contribution in [1.82, 2.24) is 38.7 Å². The highest BCUT2D eigenvalue weighted by molar-refractivity contribution is 5.35. The Morgan fingerprint density at radius 1 is 0.391 bits per heavy atom. The Morgan fingerprint density at radius 3 is 1.48 bits per heavy atom. The van der Waals surface area contributed by atoms with Gasteiger partial charge >= 0.3 is 0 Å². The van der Waals surface area contributed by atoms with Gasteiger partial charge < -0.3 is 9.13 Å². The maximum Gasteiger partial charge on any atom is 0.138 e. The lowest BCUT2D eigenvalue weighted by atomic mass is 10.2. The van der Waals surface area contributed by atoms with E-state index < -0.39 is 0 Å². The third kappa shape index (κ3) is 9.36. The summed E-state index contributed by atoms with van der Waals surface area (Å²) < 4.78 is 7.64. The van der Waals surface area contributed by atoms with E-state index in [1.807, 2.05) is 113 Å². The lowest BCUT2D eigenvalue weighted by molar-refractivity contribution is 0.878. The lowest BCUT2D eigenvalue weighted by Crippen LogP contribution is -1.93. The van der Waals surface area contributed by atoms with Gasteiger partial charge in [-0.2, -0.15) is 10.2 Å². The summed E-state index contributed by atoms with van der Waals surface area (Å²) in [5.74, 6) is 0. The van der Waals surface area contributed by atoms with Gasteiger partial charge in [0.15, 0.2) is 0 Å². The molecule has 0 aliphatic carbocycles.